The van der Waals surface area contributed by atoms with Crippen LogP contribution in [0.2, 0.25) is 5.02 Å². The van der Waals surface area contributed by atoms with Crippen molar-refractivity contribution in [2.24, 2.45) is 0 Å². The van der Waals surface area contributed by atoms with E-state index in [0.717, 1.165) is 56.9 Å². The fourth-order valence-corrected chi connectivity index (χ4v) is 7.21. The molecule has 1 aromatic carbocycles. The Balaban J connectivity index is 1.42. The van der Waals surface area contributed by atoms with E-state index in [0.29, 0.717) is 42.7 Å². The fourth-order valence-electron chi connectivity index (χ4n) is 7.08. The molecular formula is C32H52ClN5O2. The summed E-state index contributed by atoms with van der Waals surface area (Å²) in [5.74, 6) is 0.197. The van der Waals surface area contributed by atoms with Crippen molar-refractivity contribution >= 4 is 23.5 Å². The molecule has 0 unspecified atom stereocenters. The summed E-state index contributed by atoms with van der Waals surface area (Å²) in [5.41, 5.74) is 1.13. The maximum absolute atomic E-state index is 14.0. The molecule has 224 valence electrons. The summed E-state index contributed by atoms with van der Waals surface area (Å²) in [4.78, 5) is 35.7. The lowest BCUT2D eigenvalue weighted by molar-refractivity contribution is -0.135. The summed E-state index contributed by atoms with van der Waals surface area (Å²) >= 11 is 6.15. The van der Waals surface area contributed by atoms with E-state index < -0.39 is 0 Å². The van der Waals surface area contributed by atoms with Gasteiger partial charge in [-0.25, -0.2) is 4.79 Å². The zero-order valence-corrected chi connectivity index (χ0v) is 26.0. The predicted octanol–water partition coefficient (Wildman–Crippen LogP) is 5.41. The number of carbonyl (C=O) groups is 2. The van der Waals surface area contributed by atoms with E-state index in [1.54, 1.807) is 4.90 Å². The van der Waals surface area contributed by atoms with E-state index >= 15 is 0 Å². The van der Waals surface area contributed by atoms with E-state index in [1.807, 2.05) is 38.4 Å². The molecule has 40 heavy (non-hydrogen) atoms. The Labute approximate surface area is 247 Å². The van der Waals surface area contributed by atoms with Crippen molar-refractivity contribution < 1.29 is 9.59 Å². The zero-order valence-electron chi connectivity index (χ0n) is 25.3. The van der Waals surface area contributed by atoms with Crippen LogP contribution in [0.4, 0.5) is 4.79 Å². The third kappa shape index (κ3) is 8.36. The molecule has 2 saturated carbocycles. The van der Waals surface area contributed by atoms with Gasteiger partial charge in [0, 0.05) is 56.4 Å². The number of hydrogen-bond donors (Lipinski definition) is 1. The quantitative estimate of drug-likeness (QED) is 0.422. The van der Waals surface area contributed by atoms with Crippen LogP contribution in [0.15, 0.2) is 24.3 Å². The van der Waals surface area contributed by atoms with Crippen LogP contribution in [-0.2, 0) is 11.2 Å². The van der Waals surface area contributed by atoms with E-state index in [4.69, 9.17) is 11.6 Å². The smallest absolute Gasteiger partial charge is 0.319 e. The fraction of sp³-hybridized carbons (Fsp3) is 0.750. The normalized spacial score (nSPS) is 24.0. The Kier molecular flexibility index (Phi) is 11.6. The lowest BCUT2D eigenvalue weighted by atomic mass is 9.89. The summed E-state index contributed by atoms with van der Waals surface area (Å²) in [6.07, 6.45) is 14.0. The first-order valence-electron chi connectivity index (χ1n) is 15.7. The minimum atomic E-state index is -0.250. The van der Waals surface area contributed by atoms with Gasteiger partial charge >= 0.3 is 6.03 Å². The van der Waals surface area contributed by atoms with Gasteiger partial charge in [0.25, 0.3) is 0 Å². The lowest BCUT2D eigenvalue weighted by Crippen LogP contribution is -2.57. The number of piperidine rings is 1. The number of likely N-dealkylation sites (tertiary alicyclic amines) is 1. The molecule has 0 spiro atoms. The second-order valence-corrected chi connectivity index (χ2v) is 13.2. The third-order valence-corrected chi connectivity index (χ3v) is 9.76. The first-order chi connectivity index (χ1) is 19.2. The Morgan fingerprint density at radius 3 is 1.95 bits per heavy atom. The van der Waals surface area contributed by atoms with E-state index in [9.17, 15) is 9.59 Å². The van der Waals surface area contributed by atoms with E-state index in [-0.39, 0.29) is 24.0 Å². The van der Waals surface area contributed by atoms with Crippen LogP contribution >= 0.6 is 11.6 Å². The number of halogens is 1. The van der Waals surface area contributed by atoms with Gasteiger partial charge in [-0.15, -0.1) is 0 Å². The monoisotopic (exact) mass is 573 g/mol. The maximum Gasteiger partial charge on any atom is 0.319 e. The molecule has 0 bridgehead atoms. The second kappa shape index (κ2) is 14.9. The lowest BCUT2D eigenvalue weighted by Gasteiger charge is -2.44. The van der Waals surface area contributed by atoms with Gasteiger partial charge in [-0.1, -0.05) is 49.4 Å². The molecule has 4 rings (SSSR count). The van der Waals surface area contributed by atoms with Gasteiger partial charge in [-0.2, -0.15) is 0 Å². The zero-order chi connectivity index (χ0) is 28.6. The number of benzene rings is 1. The van der Waals surface area contributed by atoms with Gasteiger partial charge in [0.05, 0.1) is 6.04 Å². The van der Waals surface area contributed by atoms with Gasteiger partial charge < -0.3 is 24.9 Å². The van der Waals surface area contributed by atoms with Gasteiger partial charge in [-0.3, -0.25) is 4.79 Å². The van der Waals surface area contributed by atoms with Crippen LogP contribution in [0.5, 0.6) is 0 Å². The number of urea groups is 1. The van der Waals surface area contributed by atoms with Crippen molar-refractivity contribution in [3.63, 3.8) is 0 Å². The van der Waals surface area contributed by atoms with Crippen LogP contribution < -0.4 is 5.32 Å². The summed E-state index contributed by atoms with van der Waals surface area (Å²) < 4.78 is 0. The molecule has 1 saturated heterocycles. The average Bonchev–Trinajstić information content (AvgIpc) is 3.23. The minimum absolute atomic E-state index is 0.132. The molecule has 1 atom stereocenters. The Bertz CT molecular complexity index is 931. The van der Waals surface area contributed by atoms with Gasteiger partial charge in [0.2, 0.25) is 5.91 Å². The molecule has 0 radical (unpaired) electrons. The van der Waals surface area contributed by atoms with Crippen LogP contribution in [0.1, 0.15) is 82.6 Å². The highest BCUT2D eigenvalue weighted by Crippen LogP contribution is 2.29. The number of rotatable bonds is 8. The topological polar surface area (TPSA) is 59.1 Å². The molecule has 1 aromatic rings. The summed E-state index contributed by atoms with van der Waals surface area (Å²) in [5, 5.41) is 4.50. The van der Waals surface area contributed by atoms with Crippen molar-refractivity contribution in [1.82, 2.24) is 24.9 Å². The SMILES string of the molecule is CN(C)C(=O)N(C1CCCCCC1)C1CCN(C(=O)[C@H](Cc2ccc(Cl)cc2)NC2CCC(N(C)C)CC2)CC1. The van der Waals surface area contributed by atoms with Crippen molar-refractivity contribution in [2.45, 2.75) is 114 Å². The largest absolute Gasteiger partial charge is 0.341 e. The Hall–Kier alpha value is -1.83. The standard InChI is InChI=1S/C32H52ClN5O2/c1-35(2)27-17-15-26(16-18-27)34-30(23-24-11-13-25(33)14-12-24)31(39)37-21-19-29(20-22-37)38(32(40)36(3)4)28-9-7-5-6-8-10-28/h11-14,26-30,34H,5-10,15-23H2,1-4H3/t26?,27?,30-/m0/s1. The Morgan fingerprint density at radius 1 is 0.825 bits per heavy atom. The molecule has 3 amide bonds. The average molecular weight is 574 g/mol. The van der Waals surface area contributed by atoms with E-state index in [2.05, 4.69) is 34.1 Å². The number of nitrogens with zero attached hydrogens (tertiary/aromatic N) is 4. The van der Waals surface area contributed by atoms with Gasteiger partial charge in [0.1, 0.15) is 0 Å². The highest BCUT2D eigenvalue weighted by molar-refractivity contribution is 6.30. The number of hydrogen-bond acceptors (Lipinski definition) is 4. The summed E-state index contributed by atoms with van der Waals surface area (Å²) in [6.45, 7) is 1.42. The highest BCUT2D eigenvalue weighted by Gasteiger charge is 2.37. The van der Waals surface area contributed by atoms with Crippen LogP contribution in [-0.4, -0.2) is 103 Å². The van der Waals surface area contributed by atoms with Crippen molar-refractivity contribution in [3.05, 3.63) is 34.9 Å². The first-order valence-corrected chi connectivity index (χ1v) is 16.1. The molecule has 1 aliphatic heterocycles. The van der Waals surface area contributed by atoms with E-state index in [1.165, 1.54) is 25.7 Å². The van der Waals surface area contributed by atoms with Gasteiger partial charge in [-0.05, 0) is 89.6 Å². The molecule has 7 nitrogen and oxygen atoms in total. The molecule has 1 heterocycles. The molecule has 8 heteroatoms. The van der Waals surface area contributed by atoms with Crippen LogP contribution in [0, 0.1) is 0 Å². The summed E-state index contributed by atoms with van der Waals surface area (Å²) in [6, 6.07) is 9.29. The number of amides is 3. The minimum Gasteiger partial charge on any atom is -0.341 e. The summed E-state index contributed by atoms with van der Waals surface area (Å²) in [7, 11) is 8.06. The third-order valence-electron chi connectivity index (χ3n) is 9.51. The van der Waals surface area contributed by atoms with Gasteiger partial charge in [0.15, 0.2) is 0 Å². The molecule has 2 aliphatic carbocycles. The van der Waals surface area contributed by atoms with Crippen molar-refractivity contribution in [1.29, 1.82) is 0 Å². The maximum atomic E-state index is 14.0. The van der Waals surface area contributed by atoms with Crippen molar-refractivity contribution in [2.75, 3.05) is 41.3 Å². The first kappa shape index (κ1) is 31.1. The Morgan fingerprint density at radius 2 is 1.40 bits per heavy atom. The van der Waals surface area contributed by atoms with Crippen LogP contribution in [0.25, 0.3) is 0 Å². The van der Waals surface area contributed by atoms with Crippen molar-refractivity contribution in [3.8, 4) is 0 Å². The number of carbonyl (C=O) groups excluding carboxylic acids is 2. The molecule has 3 fully saturated rings. The highest BCUT2D eigenvalue weighted by atomic mass is 35.5. The van der Waals surface area contributed by atoms with Crippen LogP contribution in [0.3, 0.4) is 0 Å². The molecular weight excluding hydrogens is 522 g/mol. The second-order valence-electron chi connectivity index (χ2n) is 12.8. The molecule has 3 aliphatic rings. The predicted molar refractivity (Wildman–Crippen MR) is 164 cm³/mol. The molecule has 1 N–H and O–H groups in total. The number of nitrogens with one attached hydrogen (secondary N) is 1. The molecule has 0 aromatic heterocycles.